The fourth-order valence-corrected chi connectivity index (χ4v) is 7.05. The predicted octanol–water partition coefficient (Wildman–Crippen LogP) is 4.75. The highest BCUT2D eigenvalue weighted by molar-refractivity contribution is 6.34. The highest BCUT2D eigenvalue weighted by Crippen LogP contribution is 2.49. The van der Waals surface area contributed by atoms with Crippen molar-refractivity contribution < 1.29 is 18.4 Å². The van der Waals surface area contributed by atoms with Crippen LogP contribution in [0.25, 0.3) is 28.0 Å². The third-order valence-electron chi connectivity index (χ3n) is 9.23. The van der Waals surface area contributed by atoms with Crippen molar-refractivity contribution in [1.29, 1.82) is 0 Å². The van der Waals surface area contributed by atoms with Gasteiger partial charge in [-0.15, -0.1) is 0 Å². The molecule has 5 heterocycles. The van der Waals surface area contributed by atoms with Crippen molar-refractivity contribution in [2.45, 2.75) is 43.6 Å². The number of hydrogen-bond acceptors (Lipinski definition) is 8. The molecule has 2 aliphatic heterocycles. The Morgan fingerprint density at radius 3 is 2.49 bits per heavy atom. The molecule has 0 spiro atoms. The second-order valence-corrected chi connectivity index (χ2v) is 12.6. The molecule has 1 amide bonds. The summed E-state index contributed by atoms with van der Waals surface area (Å²) in [6, 6.07) is 4.93. The maximum atomic E-state index is 15.3. The number of halogens is 2. The minimum absolute atomic E-state index is 0.00697. The standard InChI is InChI=1S/C33H31ClFN7O3/c1-3-24(44)40-11-12-41-19(15-40)14-39(2)31-29(41)20-13-21(34)28(25-22(35)5-4-6-23(25)43)38-32(20)42(33(31)45)30-26(17-7-8-17)36-16-37-27(30)18-9-10-18/h3-6,13,16-19,43H,1,7-12,14-15H2,2H3/t19-/m0/s1/i2D3. The van der Waals surface area contributed by atoms with Gasteiger partial charge < -0.3 is 19.8 Å². The summed E-state index contributed by atoms with van der Waals surface area (Å²) < 4.78 is 42.4. The van der Waals surface area contributed by atoms with Crippen molar-refractivity contribution in [3.8, 4) is 22.7 Å². The molecule has 8 rings (SSSR count). The van der Waals surface area contributed by atoms with Gasteiger partial charge in [0, 0.05) is 54.5 Å². The zero-order valence-electron chi connectivity index (χ0n) is 27.2. The Bertz CT molecular complexity index is 2050. The Morgan fingerprint density at radius 1 is 1.11 bits per heavy atom. The quantitative estimate of drug-likeness (QED) is 0.315. The normalized spacial score (nSPS) is 20.7. The number of piperazine rings is 1. The summed E-state index contributed by atoms with van der Waals surface area (Å²) in [7, 11) is 0. The number of anilines is 2. The van der Waals surface area contributed by atoms with Crippen molar-refractivity contribution in [1.82, 2.24) is 24.4 Å². The monoisotopic (exact) mass is 630 g/mol. The summed E-state index contributed by atoms with van der Waals surface area (Å²) in [5.74, 6) is -1.25. The maximum Gasteiger partial charge on any atom is 0.282 e. The number of nitrogens with zero attached hydrogens (tertiary/aromatic N) is 7. The van der Waals surface area contributed by atoms with Gasteiger partial charge in [-0.3, -0.25) is 14.2 Å². The van der Waals surface area contributed by atoms with Gasteiger partial charge in [0.2, 0.25) is 5.91 Å². The van der Waals surface area contributed by atoms with E-state index in [1.54, 1.807) is 11.0 Å². The van der Waals surface area contributed by atoms with Crippen LogP contribution in [0.5, 0.6) is 5.75 Å². The van der Waals surface area contributed by atoms with Crippen molar-refractivity contribution >= 4 is 39.9 Å². The lowest BCUT2D eigenvalue weighted by atomic mass is 10.0. The predicted molar refractivity (Wildman–Crippen MR) is 170 cm³/mol. The molecular formula is C33H31ClFN7O3. The number of benzene rings is 1. The van der Waals surface area contributed by atoms with E-state index in [1.807, 2.05) is 4.90 Å². The smallest absolute Gasteiger partial charge is 0.282 e. The van der Waals surface area contributed by atoms with E-state index in [-0.39, 0.29) is 64.2 Å². The number of amides is 1. The first-order chi connectivity index (χ1) is 23.0. The second-order valence-electron chi connectivity index (χ2n) is 12.1. The molecule has 1 aromatic carbocycles. The van der Waals surface area contributed by atoms with Crippen molar-refractivity contribution in [2.24, 2.45) is 0 Å². The first-order valence-corrected chi connectivity index (χ1v) is 15.4. The van der Waals surface area contributed by atoms with Gasteiger partial charge in [-0.2, -0.15) is 0 Å². The van der Waals surface area contributed by atoms with Gasteiger partial charge in [-0.1, -0.05) is 24.2 Å². The Labute approximate surface area is 267 Å². The molecule has 1 saturated heterocycles. The van der Waals surface area contributed by atoms with Crippen LogP contribution in [-0.2, 0) is 4.79 Å². The number of aromatic nitrogens is 4. The average Bonchev–Trinajstić information content (AvgIpc) is 3.98. The minimum Gasteiger partial charge on any atom is -0.507 e. The van der Waals surface area contributed by atoms with Crippen LogP contribution in [0.1, 0.15) is 53.0 Å². The van der Waals surface area contributed by atoms with E-state index in [0.29, 0.717) is 41.2 Å². The number of hydrogen-bond donors (Lipinski definition) is 1. The molecule has 1 N–H and O–H groups in total. The van der Waals surface area contributed by atoms with Crippen LogP contribution in [0.3, 0.4) is 0 Å². The molecule has 12 heteroatoms. The Balaban J connectivity index is 1.49. The highest BCUT2D eigenvalue weighted by Gasteiger charge is 2.41. The van der Waals surface area contributed by atoms with Gasteiger partial charge in [0.05, 0.1) is 45.1 Å². The SMILES string of the molecule is [2H]C([2H])([2H])N1C[C@H]2CN(C(=O)C=C)CCN2c2c1c(=O)n(-c1c(C3CC3)ncnc1C1CC1)c1nc(-c3c(O)cccc3F)c(Cl)cc21. The van der Waals surface area contributed by atoms with Crippen molar-refractivity contribution in [3.63, 3.8) is 0 Å². The number of phenols is 1. The first kappa shape index (κ1) is 24.8. The molecule has 2 aliphatic carbocycles. The van der Waals surface area contributed by atoms with Gasteiger partial charge in [0.25, 0.3) is 5.56 Å². The molecule has 2 saturated carbocycles. The van der Waals surface area contributed by atoms with Gasteiger partial charge in [0.1, 0.15) is 23.6 Å². The maximum absolute atomic E-state index is 15.3. The molecule has 0 unspecified atom stereocenters. The first-order valence-electron chi connectivity index (χ1n) is 16.6. The lowest BCUT2D eigenvalue weighted by Gasteiger charge is -2.48. The molecule has 1 atom stereocenters. The van der Waals surface area contributed by atoms with E-state index in [9.17, 15) is 9.90 Å². The van der Waals surface area contributed by atoms with Crippen LogP contribution in [-0.4, -0.2) is 74.6 Å². The summed E-state index contributed by atoms with van der Waals surface area (Å²) in [6.45, 7) is 1.63. The van der Waals surface area contributed by atoms with Crippen LogP contribution < -0.4 is 15.4 Å². The van der Waals surface area contributed by atoms with Crippen LogP contribution >= 0.6 is 11.6 Å². The van der Waals surface area contributed by atoms with Gasteiger partial charge in [-0.05, 0) is 50.0 Å². The zero-order valence-corrected chi connectivity index (χ0v) is 25.0. The number of carbonyl (C=O) groups excluding carboxylic acids is 1. The summed E-state index contributed by atoms with van der Waals surface area (Å²) >= 11 is 6.87. The topological polar surface area (TPSA) is 108 Å². The number of aromatic hydroxyl groups is 1. The molecule has 0 bridgehead atoms. The number of fused-ring (bicyclic) bond motifs is 5. The van der Waals surface area contributed by atoms with E-state index in [1.165, 1.54) is 35.2 Å². The molecular weight excluding hydrogens is 597 g/mol. The molecule has 3 aromatic heterocycles. The summed E-state index contributed by atoms with van der Waals surface area (Å²) in [4.78, 5) is 46.6. The molecule has 4 aliphatic rings. The molecule has 10 nitrogen and oxygen atoms in total. The van der Waals surface area contributed by atoms with Crippen LogP contribution in [0.4, 0.5) is 15.8 Å². The van der Waals surface area contributed by atoms with E-state index in [0.717, 1.165) is 30.6 Å². The van der Waals surface area contributed by atoms with E-state index in [2.05, 4.69) is 16.5 Å². The second kappa shape index (κ2) is 10.3. The molecule has 4 aromatic rings. The Hall–Kier alpha value is -4.51. The summed E-state index contributed by atoms with van der Waals surface area (Å²) in [5.41, 5.74) is 1.26. The fourth-order valence-electron chi connectivity index (χ4n) is 6.80. The largest absolute Gasteiger partial charge is 0.507 e. The van der Waals surface area contributed by atoms with Gasteiger partial charge in [0.15, 0.2) is 5.65 Å². The van der Waals surface area contributed by atoms with Crippen LogP contribution in [0, 0.1) is 5.82 Å². The van der Waals surface area contributed by atoms with Crippen LogP contribution in [0.15, 0.2) is 48.0 Å². The Kier molecular flexibility index (Phi) is 5.65. The Morgan fingerprint density at radius 2 is 1.84 bits per heavy atom. The minimum atomic E-state index is -2.72. The van der Waals surface area contributed by atoms with E-state index >= 15 is 9.18 Å². The fraction of sp³-hybridized carbons (Fsp3) is 0.364. The number of carbonyl (C=O) groups is 1. The third-order valence-corrected chi connectivity index (χ3v) is 9.52. The van der Waals surface area contributed by atoms with E-state index in [4.69, 9.17) is 20.7 Å². The molecule has 230 valence electrons. The lowest BCUT2D eigenvalue weighted by Crippen LogP contribution is -2.61. The third kappa shape index (κ3) is 4.39. The average molecular weight is 631 g/mol. The summed E-state index contributed by atoms with van der Waals surface area (Å²) in [5, 5.41) is 11.1. The number of phenolic OH excluding ortho intramolecular Hbond substituents is 1. The molecule has 3 fully saturated rings. The van der Waals surface area contributed by atoms with Gasteiger partial charge in [-0.25, -0.2) is 19.3 Å². The highest BCUT2D eigenvalue weighted by atomic mass is 35.5. The van der Waals surface area contributed by atoms with Gasteiger partial charge >= 0.3 is 0 Å². The summed E-state index contributed by atoms with van der Waals surface area (Å²) in [6.07, 6.45) is 6.22. The lowest BCUT2D eigenvalue weighted by molar-refractivity contribution is -0.126. The number of pyridine rings is 2. The zero-order chi connectivity index (χ0) is 33.6. The van der Waals surface area contributed by atoms with Crippen molar-refractivity contribution in [2.75, 3.05) is 43.0 Å². The van der Waals surface area contributed by atoms with Crippen molar-refractivity contribution in [3.05, 3.63) is 75.8 Å². The van der Waals surface area contributed by atoms with E-state index < -0.39 is 24.4 Å². The van der Waals surface area contributed by atoms with Crippen LogP contribution in [0.2, 0.25) is 5.02 Å². The molecule has 0 radical (unpaired) electrons. The number of rotatable bonds is 5. The number of likely N-dealkylation sites (N-methyl/N-ethyl adjacent to an activating group) is 1. The molecule has 45 heavy (non-hydrogen) atoms.